The highest BCUT2D eigenvalue weighted by atomic mass is 32.2. The highest BCUT2D eigenvalue weighted by Gasteiger charge is 2.04. The number of hydrogen-bond donors (Lipinski definition) is 0. The molecule has 2 rings (SSSR count). The molecule has 80 valence electrons. The van der Waals surface area contributed by atoms with E-state index in [1.807, 2.05) is 36.9 Å². The summed E-state index contributed by atoms with van der Waals surface area (Å²) in [4.78, 5) is 5.02. The second-order valence-corrected chi connectivity index (χ2v) is 4.43. The van der Waals surface area contributed by atoms with E-state index in [9.17, 15) is 0 Å². The average Bonchev–Trinajstić information content (AvgIpc) is 2.59. The van der Waals surface area contributed by atoms with Gasteiger partial charge < -0.3 is 0 Å². The lowest BCUT2D eigenvalue weighted by molar-refractivity contribution is 0.692. The van der Waals surface area contributed by atoms with Gasteiger partial charge in [0, 0.05) is 18.1 Å². The van der Waals surface area contributed by atoms with E-state index in [1.165, 1.54) is 0 Å². The highest BCUT2D eigenvalue weighted by molar-refractivity contribution is 7.99. The smallest absolute Gasteiger partial charge is 0.140 e. The fourth-order valence-corrected chi connectivity index (χ4v) is 2.20. The van der Waals surface area contributed by atoms with Crippen molar-refractivity contribution in [3.8, 4) is 6.07 Å². The minimum Gasteiger partial charge on any atom is -0.262 e. The first kappa shape index (κ1) is 10.7. The third kappa shape index (κ3) is 2.23. The van der Waals surface area contributed by atoms with Crippen LogP contribution in [0.1, 0.15) is 11.4 Å². The molecule has 2 aromatic rings. The molecule has 0 saturated carbocycles. The third-order valence-electron chi connectivity index (χ3n) is 2.03. The van der Waals surface area contributed by atoms with Crippen LogP contribution in [0.25, 0.3) is 0 Å². The molecule has 0 radical (unpaired) electrons. The van der Waals surface area contributed by atoms with Gasteiger partial charge in [-0.15, -0.1) is 0 Å². The molecule has 2 heterocycles. The summed E-state index contributed by atoms with van der Waals surface area (Å²) in [6.07, 6.45) is 1.70. The van der Waals surface area contributed by atoms with Crippen molar-refractivity contribution in [1.29, 1.82) is 5.26 Å². The van der Waals surface area contributed by atoms with E-state index in [4.69, 9.17) is 5.26 Å². The molecule has 4 nitrogen and oxygen atoms in total. The van der Waals surface area contributed by atoms with Crippen molar-refractivity contribution in [2.75, 3.05) is 0 Å². The third-order valence-corrected chi connectivity index (χ3v) is 3.10. The van der Waals surface area contributed by atoms with E-state index in [0.717, 1.165) is 15.6 Å². The molecule has 0 bridgehead atoms. The molecule has 0 atom stereocenters. The van der Waals surface area contributed by atoms with E-state index in [1.54, 1.807) is 24.0 Å². The van der Waals surface area contributed by atoms with Gasteiger partial charge >= 0.3 is 0 Å². The van der Waals surface area contributed by atoms with Crippen LogP contribution in [-0.2, 0) is 7.05 Å². The highest BCUT2D eigenvalue weighted by Crippen LogP contribution is 2.26. The second-order valence-electron chi connectivity index (χ2n) is 3.34. The Kier molecular flexibility index (Phi) is 2.93. The molecule has 0 N–H and O–H groups in total. The molecule has 0 saturated heterocycles. The van der Waals surface area contributed by atoms with Crippen LogP contribution < -0.4 is 0 Å². The quantitative estimate of drug-likeness (QED) is 0.793. The van der Waals surface area contributed by atoms with Crippen molar-refractivity contribution in [1.82, 2.24) is 14.8 Å². The zero-order valence-electron chi connectivity index (χ0n) is 9.01. The Hall–Kier alpha value is -1.80. The van der Waals surface area contributed by atoms with Gasteiger partial charge in [-0.1, -0.05) is 11.8 Å². The predicted molar refractivity (Wildman–Crippen MR) is 61.0 cm³/mol. The van der Waals surface area contributed by atoms with Gasteiger partial charge in [0.05, 0.1) is 10.7 Å². The van der Waals surface area contributed by atoms with Crippen LogP contribution in [0.4, 0.5) is 0 Å². The molecule has 0 aromatic carbocycles. The normalized spacial score (nSPS) is 10.1. The Labute approximate surface area is 97.9 Å². The van der Waals surface area contributed by atoms with Crippen LogP contribution in [-0.4, -0.2) is 14.8 Å². The number of aryl methyl sites for hydroxylation is 2. The zero-order chi connectivity index (χ0) is 11.5. The molecule has 0 aliphatic rings. The molecule has 0 unspecified atom stereocenters. The monoisotopic (exact) mass is 230 g/mol. The van der Waals surface area contributed by atoms with Gasteiger partial charge in [0.2, 0.25) is 0 Å². The lowest BCUT2D eigenvalue weighted by atomic mass is 10.4. The van der Waals surface area contributed by atoms with Gasteiger partial charge in [0.15, 0.2) is 0 Å². The van der Waals surface area contributed by atoms with E-state index >= 15 is 0 Å². The number of rotatable bonds is 2. The summed E-state index contributed by atoms with van der Waals surface area (Å²) in [5.41, 5.74) is 1.43. The predicted octanol–water partition coefficient (Wildman–Crippen LogP) is 2.15. The Morgan fingerprint density at radius 2 is 2.25 bits per heavy atom. The van der Waals surface area contributed by atoms with Crippen LogP contribution in [0.3, 0.4) is 0 Å². The maximum atomic E-state index is 8.63. The summed E-state index contributed by atoms with van der Waals surface area (Å²) in [6, 6.07) is 7.61. The first-order valence-corrected chi connectivity index (χ1v) is 5.55. The van der Waals surface area contributed by atoms with Crippen LogP contribution >= 0.6 is 11.8 Å². The van der Waals surface area contributed by atoms with E-state index in [2.05, 4.69) is 10.1 Å². The van der Waals surface area contributed by atoms with E-state index < -0.39 is 0 Å². The van der Waals surface area contributed by atoms with Crippen LogP contribution in [0.5, 0.6) is 0 Å². The van der Waals surface area contributed by atoms with Crippen LogP contribution in [0, 0.1) is 18.3 Å². The van der Waals surface area contributed by atoms with Crippen molar-refractivity contribution >= 4 is 11.8 Å². The van der Waals surface area contributed by atoms with Crippen molar-refractivity contribution in [2.24, 2.45) is 7.05 Å². The summed E-state index contributed by atoms with van der Waals surface area (Å²) in [5, 5.41) is 14.0. The summed E-state index contributed by atoms with van der Waals surface area (Å²) in [6.45, 7) is 1.96. The number of nitrogens with zero attached hydrogens (tertiary/aromatic N) is 4. The average molecular weight is 230 g/mol. The summed E-state index contributed by atoms with van der Waals surface area (Å²) < 4.78 is 1.83. The lowest BCUT2D eigenvalue weighted by Gasteiger charge is -2.00. The molecule has 0 amide bonds. The summed E-state index contributed by atoms with van der Waals surface area (Å²) >= 11 is 1.58. The molecule has 0 fully saturated rings. The number of hydrogen-bond acceptors (Lipinski definition) is 4. The van der Waals surface area contributed by atoms with Crippen LogP contribution in [0.15, 0.2) is 34.3 Å². The number of aromatic nitrogens is 3. The Balaban J connectivity index is 2.21. The fourth-order valence-electron chi connectivity index (χ4n) is 1.31. The maximum absolute atomic E-state index is 8.63. The Morgan fingerprint density at radius 1 is 1.44 bits per heavy atom. The van der Waals surface area contributed by atoms with Gasteiger partial charge in [-0.05, 0) is 25.1 Å². The Bertz CT molecular complexity index is 536. The van der Waals surface area contributed by atoms with Crippen molar-refractivity contribution in [3.63, 3.8) is 0 Å². The molecule has 0 aliphatic heterocycles. The molecule has 0 aliphatic carbocycles. The minimum absolute atomic E-state index is 0.436. The number of nitriles is 1. The van der Waals surface area contributed by atoms with Gasteiger partial charge in [-0.3, -0.25) is 4.68 Å². The second kappa shape index (κ2) is 4.37. The first-order chi connectivity index (χ1) is 7.69. The van der Waals surface area contributed by atoms with Crippen molar-refractivity contribution in [3.05, 3.63) is 35.8 Å². The standard InChI is InChI=1S/C11H10N4S/c1-8-5-11(15(2)14-8)16-10-4-3-9(6-12)13-7-10/h3-5,7H,1-2H3. The first-order valence-electron chi connectivity index (χ1n) is 4.73. The van der Waals surface area contributed by atoms with Crippen LogP contribution in [0.2, 0.25) is 0 Å². The molecule has 2 aromatic heterocycles. The molecule has 5 heteroatoms. The minimum atomic E-state index is 0.436. The van der Waals surface area contributed by atoms with Crippen molar-refractivity contribution < 1.29 is 0 Å². The Morgan fingerprint density at radius 3 is 2.75 bits per heavy atom. The van der Waals surface area contributed by atoms with E-state index in [0.29, 0.717) is 5.69 Å². The van der Waals surface area contributed by atoms with Gasteiger partial charge in [-0.2, -0.15) is 10.4 Å². The topological polar surface area (TPSA) is 54.5 Å². The lowest BCUT2D eigenvalue weighted by Crippen LogP contribution is -1.92. The van der Waals surface area contributed by atoms with Crippen molar-refractivity contribution in [2.45, 2.75) is 16.8 Å². The summed E-state index contributed by atoms with van der Waals surface area (Å²) in [7, 11) is 1.91. The maximum Gasteiger partial charge on any atom is 0.140 e. The largest absolute Gasteiger partial charge is 0.262 e. The molecular formula is C11H10N4S. The molecule has 16 heavy (non-hydrogen) atoms. The number of pyridine rings is 1. The zero-order valence-corrected chi connectivity index (χ0v) is 9.82. The molecular weight excluding hydrogens is 220 g/mol. The van der Waals surface area contributed by atoms with E-state index in [-0.39, 0.29) is 0 Å². The van der Waals surface area contributed by atoms with Gasteiger partial charge in [-0.25, -0.2) is 4.98 Å². The SMILES string of the molecule is Cc1cc(Sc2ccc(C#N)nc2)n(C)n1. The molecule has 0 spiro atoms. The summed E-state index contributed by atoms with van der Waals surface area (Å²) in [5.74, 6) is 0. The van der Waals surface area contributed by atoms with Gasteiger partial charge in [0.25, 0.3) is 0 Å². The van der Waals surface area contributed by atoms with Gasteiger partial charge in [0.1, 0.15) is 11.8 Å². The fraction of sp³-hybridized carbons (Fsp3) is 0.182.